The van der Waals surface area contributed by atoms with E-state index >= 15 is 0 Å². The zero-order valence-electron chi connectivity index (χ0n) is 10.5. The maximum atomic E-state index is 10.5. The summed E-state index contributed by atoms with van der Waals surface area (Å²) in [6.07, 6.45) is 0.728. The fourth-order valence-electron chi connectivity index (χ4n) is 1.58. The van der Waals surface area contributed by atoms with Crippen LogP contribution in [-0.2, 0) is 11.2 Å². The lowest BCUT2D eigenvalue weighted by Gasteiger charge is -2.07. The van der Waals surface area contributed by atoms with Gasteiger partial charge in [-0.05, 0) is 6.42 Å². The Morgan fingerprint density at radius 3 is 2.63 bits per heavy atom. The van der Waals surface area contributed by atoms with Gasteiger partial charge in [0.1, 0.15) is 0 Å². The van der Waals surface area contributed by atoms with Crippen LogP contribution < -0.4 is 4.74 Å². The van der Waals surface area contributed by atoms with Crippen LogP contribution in [0, 0.1) is 0 Å². The van der Waals surface area contributed by atoms with Gasteiger partial charge in [0.15, 0.2) is 12.4 Å². The van der Waals surface area contributed by atoms with Crippen molar-refractivity contribution in [2.75, 3.05) is 6.61 Å². The minimum atomic E-state index is -1.03. The minimum absolute atomic E-state index is 0.285. The monoisotopic (exact) mass is 258 g/mol. The zero-order valence-corrected chi connectivity index (χ0v) is 10.5. The number of nitrogens with zero attached hydrogens (tertiary/aromatic N) is 2. The van der Waals surface area contributed by atoms with E-state index in [0.29, 0.717) is 5.82 Å². The maximum Gasteiger partial charge on any atom is 0.341 e. The van der Waals surface area contributed by atoms with Gasteiger partial charge >= 0.3 is 5.97 Å². The fraction of sp³-hybridized carbons (Fsp3) is 0.214. The normalized spacial score (nSPS) is 10.2. The lowest BCUT2D eigenvalue weighted by molar-refractivity contribution is -0.139. The molecule has 19 heavy (non-hydrogen) atoms. The Bertz CT molecular complexity index is 570. The van der Waals surface area contributed by atoms with Crippen molar-refractivity contribution in [3.8, 4) is 17.3 Å². The number of aromatic nitrogens is 2. The molecule has 0 aliphatic carbocycles. The number of ether oxygens (including phenoxy) is 1. The summed E-state index contributed by atoms with van der Waals surface area (Å²) in [6.45, 7) is 1.56. The minimum Gasteiger partial charge on any atom is -0.479 e. The second kappa shape index (κ2) is 5.95. The van der Waals surface area contributed by atoms with Crippen molar-refractivity contribution in [1.82, 2.24) is 9.97 Å². The smallest absolute Gasteiger partial charge is 0.341 e. The van der Waals surface area contributed by atoms with E-state index in [9.17, 15) is 4.79 Å². The Hall–Kier alpha value is -2.43. The molecule has 5 heteroatoms. The lowest BCUT2D eigenvalue weighted by Crippen LogP contribution is -2.11. The first kappa shape index (κ1) is 13.0. The third kappa shape index (κ3) is 3.51. The van der Waals surface area contributed by atoms with Gasteiger partial charge in [-0.25, -0.2) is 9.78 Å². The molecule has 1 aromatic carbocycles. The molecule has 0 unspecified atom stereocenters. The SMILES string of the molecule is CCc1cc(OCC(=O)O)nc(-c2ccccc2)n1. The summed E-state index contributed by atoms with van der Waals surface area (Å²) in [5.41, 5.74) is 1.69. The molecule has 0 fully saturated rings. The molecule has 0 saturated heterocycles. The second-order valence-electron chi connectivity index (χ2n) is 3.92. The molecule has 0 bridgehead atoms. The number of aryl methyl sites for hydroxylation is 1. The first-order chi connectivity index (χ1) is 9.19. The second-order valence-corrected chi connectivity index (χ2v) is 3.92. The van der Waals surface area contributed by atoms with Crippen LogP contribution in [0.5, 0.6) is 5.88 Å². The molecule has 0 amide bonds. The third-order valence-electron chi connectivity index (χ3n) is 2.49. The highest BCUT2D eigenvalue weighted by Crippen LogP contribution is 2.19. The van der Waals surface area contributed by atoms with Crippen LogP contribution in [0.1, 0.15) is 12.6 Å². The van der Waals surface area contributed by atoms with Crippen molar-refractivity contribution in [2.45, 2.75) is 13.3 Å². The van der Waals surface area contributed by atoms with Gasteiger partial charge in [-0.2, -0.15) is 4.98 Å². The molecule has 0 radical (unpaired) electrons. The van der Waals surface area contributed by atoms with Crippen molar-refractivity contribution >= 4 is 5.97 Å². The summed E-state index contributed by atoms with van der Waals surface area (Å²) in [5.74, 6) is -0.202. The van der Waals surface area contributed by atoms with Crippen LogP contribution in [0.4, 0.5) is 0 Å². The third-order valence-corrected chi connectivity index (χ3v) is 2.49. The van der Waals surface area contributed by atoms with E-state index in [-0.39, 0.29) is 5.88 Å². The molecule has 0 aliphatic rings. The van der Waals surface area contributed by atoms with Crippen molar-refractivity contribution in [3.63, 3.8) is 0 Å². The fourth-order valence-corrected chi connectivity index (χ4v) is 1.58. The molecule has 0 atom stereocenters. The summed E-state index contributed by atoms with van der Waals surface area (Å²) >= 11 is 0. The van der Waals surface area contributed by atoms with Crippen LogP contribution in [0.25, 0.3) is 11.4 Å². The lowest BCUT2D eigenvalue weighted by atomic mass is 10.2. The molecule has 2 aromatic rings. The van der Waals surface area contributed by atoms with Gasteiger partial charge in [-0.1, -0.05) is 37.3 Å². The highest BCUT2D eigenvalue weighted by Gasteiger charge is 2.08. The molecule has 1 heterocycles. The highest BCUT2D eigenvalue weighted by molar-refractivity contribution is 5.68. The molecule has 2 rings (SSSR count). The van der Waals surface area contributed by atoms with E-state index in [1.165, 1.54) is 0 Å². The molecule has 0 spiro atoms. The summed E-state index contributed by atoms with van der Waals surface area (Å²) < 4.78 is 5.12. The molecule has 1 N–H and O–H groups in total. The van der Waals surface area contributed by atoms with Gasteiger partial charge in [0.05, 0.1) is 0 Å². The summed E-state index contributed by atoms with van der Waals surface area (Å²) in [5, 5.41) is 8.62. The average Bonchev–Trinajstić information content (AvgIpc) is 2.45. The predicted octanol–water partition coefficient (Wildman–Crippen LogP) is 2.17. The van der Waals surface area contributed by atoms with Crippen LogP contribution in [0.15, 0.2) is 36.4 Å². The standard InChI is InChI=1S/C14H14N2O3/c1-2-11-8-12(19-9-13(17)18)16-14(15-11)10-6-4-3-5-7-10/h3-8H,2,9H2,1H3,(H,17,18). The largest absolute Gasteiger partial charge is 0.479 e. The highest BCUT2D eigenvalue weighted by atomic mass is 16.5. The molecular formula is C14H14N2O3. The van der Waals surface area contributed by atoms with Gasteiger partial charge in [0.25, 0.3) is 0 Å². The van der Waals surface area contributed by atoms with Gasteiger partial charge in [-0.15, -0.1) is 0 Å². The maximum absolute atomic E-state index is 10.5. The Kier molecular flexibility index (Phi) is 4.07. The number of carboxylic acid groups (broad SMARTS) is 1. The first-order valence-corrected chi connectivity index (χ1v) is 5.97. The summed E-state index contributed by atoms with van der Waals surface area (Å²) in [7, 11) is 0. The Morgan fingerprint density at radius 1 is 1.26 bits per heavy atom. The van der Waals surface area contributed by atoms with Gasteiger partial charge in [0, 0.05) is 17.3 Å². The molecule has 0 aliphatic heterocycles. The van der Waals surface area contributed by atoms with E-state index in [1.807, 2.05) is 37.3 Å². The number of carbonyl (C=O) groups is 1. The quantitative estimate of drug-likeness (QED) is 0.889. The van der Waals surface area contributed by atoms with Crippen molar-refractivity contribution in [3.05, 3.63) is 42.1 Å². The number of benzene rings is 1. The van der Waals surface area contributed by atoms with E-state index in [1.54, 1.807) is 6.07 Å². The van der Waals surface area contributed by atoms with Crippen LogP contribution in [-0.4, -0.2) is 27.7 Å². The van der Waals surface area contributed by atoms with Crippen molar-refractivity contribution < 1.29 is 14.6 Å². The number of hydrogen-bond acceptors (Lipinski definition) is 4. The first-order valence-electron chi connectivity index (χ1n) is 5.97. The van der Waals surface area contributed by atoms with Gasteiger partial charge in [0.2, 0.25) is 5.88 Å². The average molecular weight is 258 g/mol. The predicted molar refractivity (Wildman–Crippen MR) is 70.0 cm³/mol. The van der Waals surface area contributed by atoms with Gasteiger partial charge < -0.3 is 9.84 Å². The molecule has 5 nitrogen and oxygen atoms in total. The molecule has 1 aromatic heterocycles. The molecule has 98 valence electrons. The number of aliphatic carboxylic acids is 1. The topological polar surface area (TPSA) is 72.3 Å². The van der Waals surface area contributed by atoms with Crippen LogP contribution in [0.2, 0.25) is 0 Å². The number of rotatable bonds is 5. The van der Waals surface area contributed by atoms with Crippen LogP contribution in [0.3, 0.4) is 0 Å². The van der Waals surface area contributed by atoms with E-state index < -0.39 is 12.6 Å². The summed E-state index contributed by atoms with van der Waals surface area (Å²) in [6, 6.07) is 11.2. The van der Waals surface area contributed by atoms with Gasteiger partial charge in [-0.3, -0.25) is 0 Å². The summed E-state index contributed by atoms with van der Waals surface area (Å²) in [4.78, 5) is 19.2. The van der Waals surface area contributed by atoms with E-state index in [2.05, 4.69) is 9.97 Å². The van der Waals surface area contributed by atoms with Crippen molar-refractivity contribution in [2.24, 2.45) is 0 Å². The molecule has 0 saturated carbocycles. The Balaban J connectivity index is 2.33. The van der Waals surface area contributed by atoms with E-state index in [4.69, 9.17) is 9.84 Å². The van der Waals surface area contributed by atoms with Crippen LogP contribution >= 0.6 is 0 Å². The number of hydrogen-bond donors (Lipinski definition) is 1. The van der Waals surface area contributed by atoms with Crippen molar-refractivity contribution in [1.29, 1.82) is 0 Å². The zero-order chi connectivity index (χ0) is 13.7. The van der Waals surface area contributed by atoms with E-state index in [0.717, 1.165) is 17.7 Å². The Labute approximate surface area is 110 Å². The molecular weight excluding hydrogens is 244 g/mol. The Morgan fingerprint density at radius 2 is 2.00 bits per heavy atom. The number of carboxylic acids is 1.